The second kappa shape index (κ2) is 10.2. The number of thiocarbonyl (C=S) groups is 1. The van der Waals surface area contributed by atoms with Crippen LogP contribution < -0.4 is 4.74 Å². The van der Waals surface area contributed by atoms with Crippen LogP contribution in [-0.2, 0) is 4.79 Å². The quantitative estimate of drug-likeness (QED) is 0.226. The van der Waals surface area contributed by atoms with Crippen LogP contribution in [0.25, 0.3) is 23.0 Å². The molecular weight excluding hydrogens is 450 g/mol. The Balaban J connectivity index is 1.78. The van der Waals surface area contributed by atoms with E-state index in [2.05, 4.69) is 12.6 Å². The highest BCUT2D eigenvalue weighted by Gasteiger charge is 2.31. The fraction of sp³-hybridized carbons (Fsp3) is 0.192. The molecule has 0 N–H and O–H groups in total. The zero-order valence-corrected chi connectivity index (χ0v) is 20.3. The third kappa shape index (κ3) is 4.94. The number of hydrogen-bond acceptors (Lipinski definition) is 5. The molecule has 0 aliphatic carbocycles. The van der Waals surface area contributed by atoms with Gasteiger partial charge in [0.1, 0.15) is 22.4 Å². The maximum atomic E-state index is 12.9. The molecule has 0 bridgehead atoms. The van der Waals surface area contributed by atoms with Crippen molar-refractivity contribution in [3.05, 3.63) is 83.4 Å². The molecule has 168 valence electrons. The number of carbonyl (C=O) groups excluding carboxylic acids is 1. The SMILES string of the molecule is C=CCOc1ccc(-c2nn(-c3ccccc3)cc2/C=C2/SC(=S)N(CCC)C2=O)cc1C. The molecule has 0 unspecified atom stereocenters. The van der Waals surface area contributed by atoms with Crippen LogP contribution in [0.15, 0.2) is 72.3 Å². The van der Waals surface area contributed by atoms with Crippen LogP contribution in [0.2, 0.25) is 0 Å². The van der Waals surface area contributed by atoms with Crippen LogP contribution >= 0.6 is 24.0 Å². The molecule has 3 aromatic rings. The molecule has 0 radical (unpaired) electrons. The Morgan fingerprint density at radius 1 is 1.21 bits per heavy atom. The highest BCUT2D eigenvalue weighted by Crippen LogP contribution is 2.35. The van der Waals surface area contributed by atoms with Crippen LogP contribution in [0.1, 0.15) is 24.5 Å². The largest absolute Gasteiger partial charge is 0.489 e. The maximum Gasteiger partial charge on any atom is 0.266 e. The number of nitrogens with zero attached hydrogens (tertiary/aromatic N) is 3. The van der Waals surface area contributed by atoms with Crippen LogP contribution in [0.5, 0.6) is 5.75 Å². The molecule has 5 nitrogen and oxygen atoms in total. The molecule has 1 fully saturated rings. The Bertz CT molecular complexity index is 1230. The highest BCUT2D eigenvalue weighted by atomic mass is 32.2. The number of thioether (sulfide) groups is 1. The van der Waals surface area contributed by atoms with Crippen molar-refractivity contribution < 1.29 is 9.53 Å². The number of benzene rings is 2. The molecule has 0 atom stereocenters. The lowest BCUT2D eigenvalue weighted by atomic mass is 10.0. The fourth-order valence-electron chi connectivity index (χ4n) is 3.60. The second-order valence-electron chi connectivity index (χ2n) is 7.63. The lowest BCUT2D eigenvalue weighted by molar-refractivity contribution is -0.122. The van der Waals surface area contributed by atoms with Gasteiger partial charge in [0.15, 0.2) is 0 Å². The van der Waals surface area contributed by atoms with Gasteiger partial charge in [-0.1, -0.05) is 61.8 Å². The molecule has 0 saturated carbocycles. The first-order valence-corrected chi connectivity index (χ1v) is 12.0. The van der Waals surface area contributed by atoms with Crippen LogP contribution in [0.3, 0.4) is 0 Å². The average Bonchev–Trinajstić information content (AvgIpc) is 3.36. The number of amides is 1. The molecule has 2 aromatic carbocycles. The highest BCUT2D eigenvalue weighted by molar-refractivity contribution is 8.26. The van der Waals surface area contributed by atoms with Crippen LogP contribution in [0.4, 0.5) is 0 Å². The van der Waals surface area contributed by atoms with Crippen molar-refractivity contribution in [2.45, 2.75) is 20.3 Å². The van der Waals surface area contributed by atoms with Crippen LogP contribution in [0, 0.1) is 6.92 Å². The summed E-state index contributed by atoms with van der Waals surface area (Å²) < 4.78 is 8.17. The summed E-state index contributed by atoms with van der Waals surface area (Å²) in [7, 11) is 0. The van der Waals surface area contributed by atoms with Gasteiger partial charge in [0.2, 0.25) is 0 Å². The molecule has 33 heavy (non-hydrogen) atoms. The van der Waals surface area contributed by atoms with Gasteiger partial charge in [-0.2, -0.15) is 5.10 Å². The summed E-state index contributed by atoms with van der Waals surface area (Å²) in [6, 6.07) is 15.9. The van der Waals surface area contributed by atoms with Crippen LogP contribution in [-0.4, -0.2) is 38.1 Å². The van der Waals surface area contributed by atoms with Crippen molar-refractivity contribution in [1.29, 1.82) is 0 Å². The number of hydrogen-bond donors (Lipinski definition) is 0. The minimum absolute atomic E-state index is 0.0467. The van der Waals surface area contributed by atoms with E-state index in [0.717, 1.165) is 40.2 Å². The standard InChI is InChI=1S/C26H25N3O2S2/c1-4-13-28-25(30)23(33-26(28)32)16-20-17-29(21-9-7-6-8-10-21)27-24(20)19-11-12-22(18(3)15-19)31-14-5-2/h5-12,15-17H,2,4,13-14H2,1,3H3/b23-16+. The summed E-state index contributed by atoms with van der Waals surface area (Å²) in [6.07, 6.45) is 6.43. The lowest BCUT2D eigenvalue weighted by Gasteiger charge is -2.11. The normalized spacial score (nSPS) is 14.8. The van der Waals surface area contributed by atoms with Gasteiger partial charge in [0.05, 0.1) is 10.6 Å². The summed E-state index contributed by atoms with van der Waals surface area (Å²) in [5, 5.41) is 4.87. The Morgan fingerprint density at radius 3 is 2.70 bits per heavy atom. The van der Waals surface area contributed by atoms with Crippen molar-refractivity contribution in [2.24, 2.45) is 0 Å². The number of carbonyl (C=O) groups is 1. The molecule has 1 amide bonds. The lowest BCUT2D eigenvalue weighted by Crippen LogP contribution is -2.28. The first-order chi connectivity index (χ1) is 16.0. The second-order valence-corrected chi connectivity index (χ2v) is 9.30. The Hall–Kier alpha value is -3.16. The third-order valence-electron chi connectivity index (χ3n) is 5.18. The molecule has 0 spiro atoms. The zero-order valence-electron chi connectivity index (χ0n) is 18.7. The average molecular weight is 476 g/mol. The smallest absolute Gasteiger partial charge is 0.266 e. The number of aryl methyl sites for hydroxylation is 1. The van der Waals surface area contributed by atoms with E-state index in [-0.39, 0.29) is 5.91 Å². The summed E-state index contributed by atoms with van der Waals surface area (Å²) in [5.74, 6) is 0.762. The van der Waals surface area contributed by atoms with Gasteiger partial charge in [0.25, 0.3) is 5.91 Å². The molecular formula is C26H25N3O2S2. The summed E-state index contributed by atoms with van der Waals surface area (Å²) in [6.45, 7) is 8.83. The van der Waals surface area contributed by atoms with Crippen molar-refractivity contribution >= 4 is 40.3 Å². The van der Waals surface area contributed by atoms with Gasteiger partial charge >= 0.3 is 0 Å². The van der Waals surface area contributed by atoms with E-state index in [0.29, 0.717) is 22.4 Å². The van der Waals surface area contributed by atoms with Gasteiger partial charge in [-0.3, -0.25) is 9.69 Å². The van der Waals surface area contributed by atoms with Crippen molar-refractivity contribution in [3.63, 3.8) is 0 Å². The van der Waals surface area contributed by atoms with Crippen molar-refractivity contribution in [3.8, 4) is 22.7 Å². The maximum absolute atomic E-state index is 12.9. The monoisotopic (exact) mass is 475 g/mol. The first-order valence-electron chi connectivity index (χ1n) is 10.8. The Labute approximate surface area is 203 Å². The van der Waals surface area contributed by atoms with Gasteiger partial charge in [0, 0.05) is 23.9 Å². The molecule has 4 rings (SSSR count). The number of rotatable bonds is 8. The van der Waals surface area contributed by atoms with E-state index in [1.54, 1.807) is 11.0 Å². The Morgan fingerprint density at radius 2 is 2.00 bits per heavy atom. The van der Waals surface area contributed by atoms with E-state index in [1.165, 1.54) is 11.8 Å². The predicted octanol–water partition coefficient (Wildman–Crippen LogP) is 6.02. The predicted molar refractivity (Wildman–Crippen MR) is 140 cm³/mol. The van der Waals surface area contributed by atoms with E-state index < -0.39 is 0 Å². The topological polar surface area (TPSA) is 47.4 Å². The van der Waals surface area contributed by atoms with E-state index >= 15 is 0 Å². The van der Waals surface area contributed by atoms with Gasteiger partial charge in [-0.25, -0.2) is 4.68 Å². The summed E-state index contributed by atoms with van der Waals surface area (Å²) in [4.78, 5) is 15.2. The van der Waals surface area contributed by atoms with E-state index in [9.17, 15) is 4.79 Å². The molecule has 1 saturated heterocycles. The number of para-hydroxylation sites is 1. The number of ether oxygens (including phenoxy) is 1. The van der Waals surface area contributed by atoms with Gasteiger partial charge in [-0.05, 0) is 55.3 Å². The van der Waals surface area contributed by atoms with Crippen molar-refractivity contribution in [1.82, 2.24) is 14.7 Å². The zero-order chi connectivity index (χ0) is 23.4. The fourth-order valence-corrected chi connectivity index (χ4v) is 4.89. The van der Waals surface area contributed by atoms with E-state index in [1.807, 2.05) is 73.3 Å². The molecule has 1 aliphatic rings. The minimum atomic E-state index is -0.0467. The molecule has 1 aromatic heterocycles. The molecule has 7 heteroatoms. The van der Waals surface area contributed by atoms with Crippen molar-refractivity contribution in [2.75, 3.05) is 13.2 Å². The molecule has 2 heterocycles. The summed E-state index contributed by atoms with van der Waals surface area (Å²) >= 11 is 6.78. The summed E-state index contributed by atoms with van der Waals surface area (Å²) in [5.41, 5.74) is 4.54. The third-order valence-corrected chi connectivity index (χ3v) is 6.55. The van der Waals surface area contributed by atoms with Gasteiger partial charge in [-0.15, -0.1) is 0 Å². The Kier molecular flexibility index (Phi) is 7.11. The van der Waals surface area contributed by atoms with Gasteiger partial charge < -0.3 is 4.74 Å². The molecule has 1 aliphatic heterocycles. The number of aromatic nitrogens is 2. The minimum Gasteiger partial charge on any atom is -0.489 e. The van der Waals surface area contributed by atoms with E-state index in [4.69, 9.17) is 22.1 Å². The first kappa shape index (κ1) is 23.0.